The summed E-state index contributed by atoms with van der Waals surface area (Å²) < 4.78 is 1.04. The molecule has 1 fully saturated rings. The number of amides is 1. The van der Waals surface area contributed by atoms with Gasteiger partial charge in [-0.15, -0.1) is 11.3 Å². The molecule has 0 saturated heterocycles. The van der Waals surface area contributed by atoms with Crippen molar-refractivity contribution in [1.29, 1.82) is 0 Å². The van der Waals surface area contributed by atoms with E-state index in [9.17, 15) is 9.90 Å². The molecule has 1 aliphatic carbocycles. The van der Waals surface area contributed by atoms with E-state index >= 15 is 0 Å². The second-order valence-electron chi connectivity index (χ2n) is 5.73. The highest BCUT2D eigenvalue weighted by Gasteiger charge is 2.21. The monoisotopic (exact) mass is 304 g/mol. The number of aliphatic hydroxyl groups is 1. The molecule has 0 spiro atoms. The number of hydrogen-bond acceptors (Lipinski definition) is 4. The molecular formula is C16H20N2O2S. The molecule has 0 radical (unpaired) electrons. The van der Waals surface area contributed by atoms with Crippen LogP contribution in [0.5, 0.6) is 0 Å². The van der Waals surface area contributed by atoms with E-state index in [1.165, 1.54) is 11.3 Å². The van der Waals surface area contributed by atoms with Crippen LogP contribution in [0.2, 0.25) is 0 Å². The van der Waals surface area contributed by atoms with E-state index in [0.29, 0.717) is 23.0 Å². The first-order chi connectivity index (χ1) is 10.1. The van der Waals surface area contributed by atoms with Crippen LogP contribution in [0.1, 0.15) is 35.4 Å². The SMILES string of the molecule is Nc1c(C(=O)NCC2CCC(O)CC2)sc2ccccc12. The van der Waals surface area contributed by atoms with Crippen LogP contribution in [-0.4, -0.2) is 23.7 Å². The van der Waals surface area contributed by atoms with Crippen LogP contribution in [-0.2, 0) is 0 Å². The summed E-state index contributed by atoms with van der Waals surface area (Å²) in [5.74, 6) is 0.382. The third-order valence-corrected chi connectivity index (χ3v) is 5.39. The molecule has 4 N–H and O–H groups in total. The van der Waals surface area contributed by atoms with Crippen molar-refractivity contribution in [3.8, 4) is 0 Å². The maximum atomic E-state index is 12.3. The number of anilines is 1. The molecule has 4 nitrogen and oxygen atoms in total. The minimum absolute atomic E-state index is 0.0835. The molecule has 1 saturated carbocycles. The van der Waals surface area contributed by atoms with Gasteiger partial charge in [0.05, 0.1) is 11.8 Å². The number of nitrogen functional groups attached to an aromatic ring is 1. The molecule has 0 bridgehead atoms. The summed E-state index contributed by atoms with van der Waals surface area (Å²) in [6, 6.07) is 7.81. The van der Waals surface area contributed by atoms with Gasteiger partial charge in [0.25, 0.3) is 5.91 Å². The van der Waals surface area contributed by atoms with Crippen molar-refractivity contribution in [3.63, 3.8) is 0 Å². The van der Waals surface area contributed by atoms with E-state index in [1.807, 2.05) is 24.3 Å². The molecule has 0 atom stereocenters. The van der Waals surface area contributed by atoms with E-state index in [4.69, 9.17) is 5.73 Å². The Morgan fingerprint density at radius 3 is 2.71 bits per heavy atom. The summed E-state index contributed by atoms with van der Waals surface area (Å²) in [6.45, 7) is 0.666. The average Bonchev–Trinajstić information content (AvgIpc) is 2.84. The number of fused-ring (bicyclic) bond motifs is 1. The third kappa shape index (κ3) is 3.04. The van der Waals surface area contributed by atoms with Crippen molar-refractivity contribution in [2.24, 2.45) is 5.92 Å². The first kappa shape index (κ1) is 14.4. The van der Waals surface area contributed by atoms with E-state index in [2.05, 4.69) is 5.32 Å². The van der Waals surface area contributed by atoms with Gasteiger partial charge in [0.1, 0.15) is 4.88 Å². The molecule has 5 heteroatoms. The molecule has 0 unspecified atom stereocenters. The lowest BCUT2D eigenvalue weighted by molar-refractivity contribution is 0.0914. The fourth-order valence-corrected chi connectivity index (χ4v) is 3.94. The Hall–Kier alpha value is -1.59. The molecule has 1 amide bonds. The minimum atomic E-state index is -0.157. The van der Waals surface area contributed by atoms with Crippen LogP contribution < -0.4 is 11.1 Å². The topological polar surface area (TPSA) is 75.4 Å². The molecule has 2 aromatic rings. The normalized spacial score (nSPS) is 22.3. The predicted molar refractivity (Wildman–Crippen MR) is 86.5 cm³/mol. The van der Waals surface area contributed by atoms with E-state index in [-0.39, 0.29) is 12.0 Å². The Kier molecular flexibility index (Phi) is 4.12. The number of benzene rings is 1. The van der Waals surface area contributed by atoms with Gasteiger partial charge in [-0.25, -0.2) is 0 Å². The lowest BCUT2D eigenvalue weighted by Gasteiger charge is -2.25. The van der Waals surface area contributed by atoms with Crippen molar-refractivity contribution in [1.82, 2.24) is 5.32 Å². The van der Waals surface area contributed by atoms with Gasteiger partial charge < -0.3 is 16.2 Å². The summed E-state index contributed by atoms with van der Waals surface area (Å²) in [7, 11) is 0. The maximum Gasteiger partial charge on any atom is 0.263 e. The van der Waals surface area contributed by atoms with Gasteiger partial charge in [0, 0.05) is 16.6 Å². The molecule has 1 aliphatic rings. The third-order valence-electron chi connectivity index (χ3n) is 4.21. The Bertz CT molecular complexity index is 645. The lowest BCUT2D eigenvalue weighted by Crippen LogP contribution is -2.32. The molecule has 1 aromatic carbocycles. The van der Waals surface area contributed by atoms with Gasteiger partial charge in [-0.05, 0) is 37.7 Å². The zero-order valence-corrected chi connectivity index (χ0v) is 12.7. The van der Waals surface area contributed by atoms with Crippen molar-refractivity contribution in [2.45, 2.75) is 31.8 Å². The van der Waals surface area contributed by atoms with Gasteiger partial charge >= 0.3 is 0 Å². The number of nitrogens with one attached hydrogen (secondary N) is 1. The molecule has 1 aromatic heterocycles. The lowest BCUT2D eigenvalue weighted by atomic mass is 9.87. The Morgan fingerprint density at radius 1 is 1.29 bits per heavy atom. The number of thiophene rings is 1. The highest BCUT2D eigenvalue weighted by Crippen LogP contribution is 2.33. The van der Waals surface area contributed by atoms with Gasteiger partial charge in [0.2, 0.25) is 0 Å². The first-order valence-electron chi connectivity index (χ1n) is 7.38. The highest BCUT2D eigenvalue weighted by atomic mass is 32.1. The summed E-state index contributed by atoms with van der Waals surface area (Å²) >= 11 is 1.44. The van der Waals surface area contributed by atoms with E-state index < -0.39 is 0 Å². The van der Waals surface area contributed by atoms with Crippen molar-refractivity contribution in [2.75, 3.05) is 12.3 Å². The summed E-state index contributed by atoms with van der Waals surface area (Å²) in [5.41, 5.74) is 6.66. The van der Waals surface area contributed by atoms with Crippen LogP contribution in [0.25, 0.3) is 10.1 Å². The maximum absolute atomic E-state index is 12.3. The van der Waals surface area contributed by atoms with Crippen LogP contribution in [0.4, 0.5) is 5.69 Å². The molecule has 3 rings (SSSR count). The molecular weight excluding hydrogens is 284 g/mol. The second kappa shape index (κ2) is 6.03. The smallest absolute Gasteiger partial charge is 0.263 e. The largest absolute Gasteiger partial charge is 0.397 e. The number of rotatable bonds is 3. The predicted octanol–water partition coefficient (Wildman–Crippen LogP) is 2.76. The quantitative estimate of drug-likeness (QED) is 0.816. The van der Waals surface area contributed by atoms with E-state index in [1.54, 1.807) is 0 Å². The number of hydrogen-bond donors (Lipinski definition) is 3. The minimum Gasteiger partial charge on any atom is -0.397 e. The zero-order valence-electron chi connectivity index (χ0n) is 11.8. The number of carbonyl (C=O) groups excluding carboxylic acids is 1. The van der Waals surface area contributed by atoms with Gasteiger partial charge in [-0.2, -0.15) is 0 Å². The fraction of sp³-hybridized carbons (Fsp3) is 0.438. The molecule has 1 heterocycles. The summed E-state index contributed by atoms with van der Waals surface area (Å²) in [5, 5.41) is 13.4. The van der Waals surface area contributed by atoms with E-state index in [0.717, 1.165) is 35.8 Å². The number of carbonyl (C=O) groups is 1. The van der Waals surface area contributed by atoms with Crippen molar-refractivity contribution >= 4 is 33.0 Å². The van der Waals surface area contributed by atoms with Crippen molar-refractivity contribution < 1.29 is 9.90 Å². The van der Waals surface area contributed by atoms with Gasteiger partial charge in [0.15, 0.2) is 0 Å². The van der Waals surface area contributed by atoms with Crippen LogP contribution in [0.3, 0.4) is 0 Å². The number of nitrogens with two attached hydrogens (primary N) is 1. The Morgan fingerprint density at radius 2 is 2.00 bits per heavy atom. The fourth-order valence-electron chi connectivity index (χ4n) is 2.90. The standard InChI is InChI=1S/C16H20N2O2S/c17-14-12-3-1-2-4-13(12)21-15(14)16(20)18-9-10-5-7-11(19)8-6-10/h1-4,10-11,19H,5-9,17H2,(H,18,20). The summed E-state index contributed by atoms with van der Waals surface area (Å²) in [4.78, 5) is 12.9. The number of aliphatic hydroxyl groups excluding tert-OH is 1. The van der Waals surface area contributed by atoms with Gasteiger partial charge in [-0.3, -0.25) is 4.79 Å². The zero-order chi connectivity index (χ0) is 14.8. The Labute approximate surface area is 128 Å². The van der Waals surface area contributed by atoms with Gasteiger partial charge in [-0.1, -0.05) is 18.2 Å². The molecule has 21 heavy (non-hydrogen) atoms. The first-order valence-corrected chi connectivity index (χ1v) is 8.20. The van der Waals surface area contributed by atoms with Crippen LogP contribution >= 0.6 is 11.3 Å². The van der Waals surface area contributed by atoms with Crippen molar-refractivity contribution in [3.05, 3.63) is 29.1 Å². The molecule has 112 valence electrons. The second-order valence-corrected chi connectivity index (χ2v) is 6.78. The van der Waals surface area contributed by atoms with Crippen LogP contribution in [0.15, 0.2) is 24.3 Å². The Balaban J connectivity index is 1.65. The molecule has 0 aliphatic heterocycles. The average molecular weight is 304 g/mol. The summed E-state index contributed by atoms with van der Waals surface area (Å²) in [6.07, 6.45) is 3.47. The highest BCUT2D eigenvalue weighted by molar-refractivity contribution is 7.21. The van der Waals surface area contributed by atoms with Crippen LogP contribution in [0, 0.1) is 5.92 Å².